The van der Waals surface area contributed by atoms with Gasteiger partial charge in [0.2, 0.25) is 0 Å². The first-order valence-corrected chi connectivity index (χ1v) is 9.35. The van der Waals surface area contributed by atoms with Gasteiger partial charge in [0, 0.05) is 7.05 Å². The summed E-state index contributed by atoms with van der Waals surface area (Å²) in [6.45, 7) is 0.529. The number of nitrogens with zero attached hydrogens (tertiary/aromatic N) is 3. The van der Waals surface area contributed by atoms with Gasteiger partial charge in [0.15, 0.2) is 23.1 Å². The van der Waals surface area contributed by atoms with Crippen molar-refractivity contribution < 1.29 is 24.1 Å². The number of carbonyl (C=O) groups excluding carboxylic acids is 1. The number of rotatable bonds is 5. The van der Waals surface area contributed by atoms with Gasteiger partial charge in [-0.15, -0.1) is 0 Å². The predicted molar refractivity (Wildman–Crippen MR) is 108 cm³/mol. The molecule has 3 aromatic rings. The molecule has 0 amide bonds. The number of nitriles is 1. The van der Waals surface area contributed by atoms with Gasteiger partial charge in [-0.1, -0.05) is 18.2 Å². The Morgan fingerprint density at radius 2 is 2.00 bits per heavy atom. The lowest BCUT2D eigenvalue weighted by molar-refractivity contribution is -0.142. The maximum Gasteiger partial charge on any atom is 0.310 e. The first kappa shape index (κ1) is 19.3. The zero-order valence-electron chi connectivity index (χ0n) is 16.3. The smallest absolute Gasteiger partial charge is 0.310 e. The second kappa shape index (κ2) is 8.17. The van der Waals surface area contributed by atoms with Crippen LogP contribution in [0.5, 0.6) is 11.5 Å². The molecule has 0 saturated carbocycles. The van der Waals surface area contributed by atoms with Crippen molar-refractivity contribution in [3.63, 3.8) is 0 Å². The first-order chi connectivity index (χ1) is 14.6. The van der Waals surface area contributed by atoms with Crippen molar-refractivity contribution in [1.29, 1.82) is 5.26 Å². The monoisotopic (exact) mass is 405 g/mol. The van der Waals surface area contributed by atoms with Crippen LogP contribution in [0.1, 0.15) is 11.4 Å². The molecule has 4 rings (SSSR count). The van der Waals surface area contributed by atoms with Gasteiger partial charge in [-0.25, -0.2) is 4.98 Å². The second-order valence-electron chi connectivity index (χ2n) is 6.73. The van der Waals surface area contributed by atoms with Crippen LogP contribution in [0.4, 0.5) is 0 Å². The van der Waals surface area contributed by atoms with Gasteiger partial charge in [-0.3, -0.25) is 4.79 Å². The molecule has 0 radical (unpaired) electrons. The van der Waals surface area contributed by atoms with Crippen LogP contribution in [0.25, 0.3) is 16.6 Å². The molecule has 0 fully saturated rings. The average Bonchev–Trinajstić information content (AvgIpc) is 3.09. The van der Waals surface area contributed by atoms with E-state index in [0.29, 0.717) is 41.6 Å². The summed E-state index contributed by atoms with van der Waals surface area (Å²) in [6, 6.07) is 14.6. The van der Waals surface area contributed by atoms with E-state index in [4.69, 9.17) is 14.2 Å². The molecule has 1 N–H and O–H groups in total. The lowest BCUT2D eigenvalue weighted by Gasteiger charge is -2.18. The van der Waals surface area contributed by atoms with Crippen LogP contribution in [0.3, 0.4) is 0 Å². The van der Waals surface area contributed by atoms with Crippen molar-refractivity contribution in [2.75, 3.05) is 19.8 Å². The second-order valence-corrected chi connectivity index (χ2v) is 6.73. The van der Waals surface area contributed by atoms with Crippen LogP contribution < -0.4 is 9.47 Å². The van der Waals surface area contributed by atoms with E-state index in [9.17, 15) is 15.2 Å². The standard InChI is InChI=1S/C22H19N3O5/c1-25-17-5-3-2-4-16(17)24-22(25)15(12-23)18(26)13-30-21(27)11-14-6-7-19-20(10-14)29-9-8-28-19/h2-7,10,26H,8-9,11,13H2,1H3/b18-15-. The number of imidazole rings is 1. The maximum absolute atomic E-state index is 12.2. The van der Waals surface area contributed by atoms with E-state index in [0.717, 1.165) is 5.52 Å². The SMILES string of the molecule is Cn1c(/C(C#N)=C(\O)COC(=O)Cc2ccc3c(c2)OCCO3)nc2ccccc21. The topological polar surface area (TPSA) is 107 Å². The molecule has 1 aromatic heterocycles. The molecule has 8 heteroatoms. The van der Waals surface area contributed by atoms with Crippen molar-refractivity contribution in [3.8, 4) is 17.6 Å². The normalized spacial score (nSPS) is 13.5. The Bertz CT molecular complexity index is 1190. The summed E-state index contributed by atoms with van der Waals surface area (Å²) in [5, 5.41) is 19.9. The van der Waals surface area contributed by atoms with Crippen LogP contribution in [0, 0.1) is 11.3 Å². The third kappa shape index (κ3) is 3.78. The Morgan fingerprint density at radius 3 is 2.77 bits per heavy atom. The fraction of sp³-hybridized carbons (Fsp3) is 0.227. The number of hydrogen-bond acceptors (Lipinski definition) is 7. The van der Waals surface area contributed by atoms with Crippen LogP contribution in [-0.4, -0.2) is 40.4 Å². The van der Waals surface area contributed by atoms with Crippen molar-refractivity contribution in [2.24, 2.45) is 7.05 Å². The quantitative estimate of drug-likeness (QED) is 0.395. The lowest BCUT2D eigenvalue weighted by atomic mass is 10.1. The number of hydrogen-bond donors (Lipinski definition) is 1. The van der Waals surface area contributed by atoms with E-state index in [-0.39, 0.29) is 17.8 Å². The molecule has 152 valence electrons. The van der Waals surface area contributed by atoms with Crippen LogP contribution >= 0.6 is 0 Å². The zero-order valence-corrected chi connectivity index (χ0v) is 16.3. The lowest BCUT2D eigenvalue weighted by Crippen LogP contribution is -2.16. The highest BCUT2D eigenvalue weighted by atomic mass is 16.6. The number of aryl methyl sites for hydroxylation is 1. The number of aliphatic hydroxyl groups excluding tert-OH is 1. The third-order valence-corrected chi connectivity index (χ3v) is 4.74. The minimum Gasteiger partial charge on any atom is -0.507 e. The van der Waals surface area contributed by atoms with Gasteiger partial charge in [-0.05, 0) is 29.8 Å². The van der Waals surface area contributed by atoms with Crippen LogP contribution in [0.15, 0.2) is 48.2 Å². The molecule has 2 heterocycles. The fourth-order valence-electron chi connectivity index (χ4n) is 3.25. The number of aromatic nitrogens is 2. The highest BCUT2D eigenvalue weighted by Gasteiger charge is 2.18. The third-order valence-electron chi connectivity index (χ3n) is 4.74. The summed E-state index contributed by atoms with van der Waals surface area (Å²) >= 11 is 0. The summed E-state index contributed by atoms with van der Waals surface area (Å²) in [5.74, 6) is 0.633. The summed E-state index contributed by atoms with van der Waals surface area (Å²) in [7, 11) is 1.75. The molecule has 0 unspecified atom stereocenters. The first-order valence-electron chi connectivity index (χ1n) is 9.35. The number of fused-ring (bicyclic) bond motifs is 2. The molecular weight excluding hydrogens is 386 g/mol. The molecule has 0 atom stereocenters. The average molecular weight is 405 g/mol. The number of ether oxygens (including phenoxy) is 3. The fourth-order valence-corrected chi connectivity index (χ4v) is 3.25. The van der Waals surface area contributed by atoms with E-state index in [2.05, 4.69) is 4.98 Å². The zero-order chi connectivity index (χ0) is 21.1. The maximum atomic E-state index is 12.2. The molecule has 1 aliphatic heterocycles. The summed E-state index contributed by atoms with van der Waals surface area (Å²) < 4.78 is 17.8. The Hall–Kier alpha value is -3.99. The van der Waals surface area contributed by atoms with E-state index in [1.807, 2.05) is 30.3 Å². The Balaban J connectivity index is 1.46. The van der Waals surface area contributed by atoms with Gasteiger partial charge >= 0.3 is 5.97 Å². The Kier molecular flexibility index (Phi) is 5.26. The van der Waals surface area contributed by atoms with Gasteiger partial charge in [0.05, 0.1) is 17.5 Å². The number of carbonyl (C=O) groups is 1. The largest absolute Gasteiger partial charge is 0.507 e. The number of para-hydroxylation sites is 2. The Labute approximate surface area is 172 Å². The van der Waals surface area contributed by atoms with Crippen molar-refractivity contribution in [3.05, 3.63) is 59.6 Å². The summed E-state index contributed by atoms with van der Waals surface area (Å²) in [5.41, 5.74) is 2.18. The van der Waals surface area contributed by atoms with E-state index in [1.165, 1.54) is 0 Å². The molecule has 0 bridgehead atoms. The highest BCUT2D eigenvalue weighted by Crippen LogP contribution is 2.31. The molecule has 0 saturated heterocycles. The van der Waals surface area contributed by atoms with E-state index in [1.54, 1.807) is 29.8 Å². The number of benzene rings is 2. The minimum absolute atomic E-state index is 0.00189. The molecule has 30 heavy (non-hydrogen) atoms. The summed E-state index contributed by atoms with van der Waals surface area (Å²) in [6.07, 6.45) is -0.00189. The van der Waals surface area contributed by atoms with Crippen LogP contribution in [0.2, 0.25) is 0 Å². The van der Waals surface area contributed by atoms with Gasteiger partial charge in [0.25, 0.3) is 0 Å². The number of aliphatic hydroxyl groups is 1. The van der Waals surface area contributed by atoms with Crippen LogP contribution in [-0.2, 0) is 23.0 Å². The van der Waals surface area contributed by atoms with Crippen molar-refractivity contribution >= 4 is 22.6 Å². The van der Waals surface area contributed by atoms with Gasteiger partial charge in [0.1, 0.15) is 31.5 Å². The predicted octanol–water partition coefficient (Wildman–Crippen LogP) is 2.92. The minimum atomic E-state index is -0.541. The Morgan fingerprint density at radius 1 is 1.23 bits per heavy atom. The molecule has 2 aromatic carbocycles. The van der Waals surface area contributed by atoms with Crippen molar-refractivity contribution in [1.82, 2.24) is 9.55 Å². The van der Waals surface area contributed by atoms with Gasteiger partial charge < -0.3 is 23.9 Å². The molecular formula is C22H19N3O5. The highest BCUT2D eigenvalue weighted by molar-refractivity contribution is 5.84. The van der Waals surface area contributed by atoms with Crippen molar-refractivity contribution in [2.45, 2.75) is 6.42 Å². The number of allylic oxidation sites excluding steroid dienone is 1. The summed E-state index contributed by atoms with van der Waals surface area (Å²) in [4.78, 5) is 16.6. The van der Waals surface area contributed by atoms with E-state index < -0.39 is 12.6 Å². The molecule has 0 spiro atoms. The van der Waals surface area contributed by atoms with Gasteiger partial charge in [-0.2, -0.15) is 5.26 Å². The number of esters is 1. The molecule has 8 nitrogen and oxygen atoms in total. The molecule has 1 aliphatic rings. The van der Waals surface area contributed by atoms with E-state index >= 15 is 0 Å². The molecule has 0 aliphatic carbocycles.